The van der Waals surface area contributed by atoms with Crippen molar-refractivity contribution >= 4 is 23.6 Å². The molecular weight excluding hydrogens is 400 g/mol. The van der Waals surface area contributed by atoms with E-state index in [0.29, 0.717) is 11.3 Å². The third-order valence-electron chi connectivity index (χ3n) is 5.51. The maximum Gasteiger partial charge on any atom is 0.338 e. The van der Waals surface area contributed by atoms with Crippen molar-refractivity contribution < 1.29 is 28.3 Å². The van der Waals surface area contributed by atoms with Crippen LogP contribution in [0.1, 0.15) is 58.6 Å². The number of esters is 1. The van der Waals surface area contributed by atoms with Crippen LogP contribution in [0.25, 0.3) is 0 Å². The number of ketones is 1. The molecular formula is C23H20N2O6. The topological polar surface area (TPSA) is 98.8 Å². The zero-order valence-corrected chi connectivity index (χ0v) is 17.3. The van der Waals surface area contributed by atoms with Gasteiger partial charge in [0, 0.05) is 24.0 Å². The Morgan fingerprint density at radius 3 is 2.42 bits per heavy atom. The van der Waals surface area contributed by atoms with Crippen LogP contribution in [0.15, 0.2) is 47.1 Å². The van der Waals surface area contributed by atoms with E-state index in [4.69, 9.17) is 9.15 Å². The number of furan rings is 1. The second kappa shape index (κ2) is 7.71. The van der Waals surface area contributed by atoms with Gasteiger partial charge in [-0.2, -0.15) is 0 Å². The summed E-state index contributed by atoms with van der Waals surface area (Å²) in [7, 11) is 1.85. The number of rotatable bonds is 6. The van der Waals surface area contributed by atoms with Gasteiger partial charge in [0.15, 0.2) is 6.61 Å². The highest BCUT2D eigenvalue weighted by Crippen LogP contribution is 2.26. The van der Waals surface area contributed by atoms with E-state index in [9.17, 15) is 19.2 Å². The molecule has 0 bridgehead atoms. The van der Waals surface area contributed by atoms with Crippen LogP contribution >= 0.6 is 0 Å². The summed E-state index contributed by atoms with van der Waals surface area (Å²) in [6.45, 7) is 3.29. The Hall–Kier alpha value is -3.94. The minimum absolute atomic E-state index is 0.00344. The first kappa shape index (κ1) is 20.3. The van der Waals surface area contributed by atoms with E-state index < -0.39 is 24.4 Å². The first-order valence-electron chi connectivity index (χ1n) is 9.63. The maximum atomic E-state index is 12.7. The highest BCUT2D eigenvalue weighted by Gasteiger charge is 2.36. The highest BCUT2D eigenvalue weighted by atomic mass is 16.5. The fourth-order valence-electron chi connectivity index (χ4n) is 3.55. The van der Waals surface area contributed by atoms with Crippen molar-refractivity contribution in [2.45, 2.75) is 20.4 Å². The number of aryl methyl sites for hydroxylation is 1. The zero-order valence-electron chi connectivity index (χ0n) is 17.3. The number of hydrogen-bond acceptors (Lipinski definition) is 6. The van der Waals surface area contributed by atoms with E-state index in [1.807, 2.05) is 25.5 Å². The summed E-state index contributed by atoms with van der Waals surface area (Å²) in [6.07, 6.45) is 1.46. The number of Topliss-reactive ketones (excluding diaryl/α,β-unsaturated/α-hetero) is 1. The van der Waals surface area contributed by atoms with Crippen molar-refractivity contribution in [1.29, 1.82) is 0 Å². The molecule has 1 aliphatic heterocycles. The normalized spacial score (nSPS) is 12.9. The molecule has 0 saturated heterocycles. The van der Waals surface area contributed by atoms with Gasteiger partial charge in [0.2, 0.25) is 5.78 Å². The third-order valence-corrected chi connectivity index (χ3v) is 5.51. The molecule has 0 spiro atoms. The fourth-order valence-corrected chi connectivity index (χ4v) is 3.55. The van der Waals surface area contributed by atoms with Crippen molar-refractivity contribution in [1.82, 2.24) is 9.47 Å². The summed E-state index contributed by atoms with van der Waals surface area (Å²) in [5.74, 6) is -1.56. The molecule has 158 valence electrons. The molecule has 8 heteroatoms. The molecule has 0 radical (unpaired) electrons. The van der Waals surface area contributed by atoms with Crippen LogP contribution in [-0.4, -0.2) is 39.6 Å². The Morgan fingerprint density at radius 1 is 1.03 bits per heavy atom. The fraction of sp³-hybridized carbons (Fsp3) is 0.217. The van der Waals surface area contributed by atoms with Gasteiger partial charge >= 0.3 is 5.97 Å². The smallest absolute Gasteiger partial charge is 0.338 e. The number of aromatic nitrogens is 1. The number of carbonyl (C=O) groups excluding carboxylic acids is 4. The van der Waals surface area contributed by atoms with Crippen LogP contribution in [-0.2, 0) is 18.3 Å². The van der Waals surface area contributed by atoms with Crippen LogP contribution in [0.5, 0.6) is 0 Å². The molecule has 3 aromatic rings. The Bertz CT molecular complexity index is 1220. The minimum atomic E-state index is -0.744. The Balaban J connectivity index is 1.47. The van der Waals surface area contributed by atoms with Crippen LogP contribution in [0.2, 0.25) is 0 Å². The van der Waals surface area contributed by atoms with Gasteiger partial charge in [-0.3, -0.25) is 19.3 Å². The zero-order chi connectivity index (χ0) is 22.3. The molecule has 0 aliphatic carbocycles. The van der Waals surface area contributed by atoms with Crippen molar-refractivity contribution in [3.63, 3.8) is 0 Å². The summed E-state index contributed by atoms with van der Waals surface area (Å²) >= 11 is 0. The minimum Gasteiger partial charge on any atom is -0.467 e. The van der Waals surface area contributed by atoms with E-state index in [1.165, 1.54) is 24.5 Å². The standard InChI is InChI=1S/C23H20N2O6/c1-13-9-18(14(2)24(13)3)20(26)12-31-23(29)15-6-7-17-19(10-15)22(28)25(21(17)27)11-16-5-4-8-30-16/h4-10H,11-12H2,1-3H3. The van der Waals surface area contributed by atoms with E-state index in [2.05, 4.69) is 0 Å². The first-order valence-corrected chi connectivity index (χ1v) is 9.63. The number of nitrogens with zero attached hydrogens (tertiary/aromatic N) is 2. The van der Waals surface area contributed by atoms with Gasteiger partial charge in [0.1, 0.15) is 5.76 Å². The van der Waals surface area contributed by atoms with Gasteiger partial charge < -0.3 is 13.7 Å². The van der Waals surface area contributed by atoms with E-state index in [-0.39, 0.29) is 29.0 Å². The van der Waals surface area contributed by atoms with Crippen molar-refractivity contribution in [3.8, 4) is 0 Å². The molecule has 0 fully saturated rings. The number of fused-ring (bicyclic) bond motifs is 1. The molecule has 2 aromatic heterocycles. The molecule has 0 atom stereocenters. The molecule has 8 nitrogen and oxygen atoms in total. The average Bonchev–Trinajstić information content (AvgIpc) is 3.43. The van der Waals surface area contributed by atoms with Gasteiger partial charge in [-0.1, -0.05) is 0 Å². The number of amides is 2. The third kappa shape index (κ3) is 3.56. The number of hydrogen-bond donors (Lipinski definition) is 0. The molecule has 0 saturated carbocycles. The lowest BCUT2D eigenvalue weighted by molar-refractivity contribution is 0.0474. The quantitative estimate of drug-likeness (QED) is 0.345. The van der Waals surface area contributed by atoms with E-state index >= 15 is 0 Å². The summed E-state index contributed by atoms with van der Waals surface area (Å²) in [5, 5.41) is 0. The lowest BCUT2D eigenvalue weighted by atomic mass is 10.1. The number of imide groups is 1. The second-order valence-corrected chi connectivity index (χ2v) is 7.38. The van der Waals surface area contributed by atoms with Gasteiger partial charge in [0.25, 0.3) is 11.8 Å². The summed E-state index contributed by atoms with van der Waals surface area (Å²) in [4.78, 5) is 51.2. The number of benzene rings is 1. The predicted molar refractivity (Wildman–Crippen MR) is 109 cm³/mol. The molecule has 1 aliphatic rings. The molecule has 3 heterocycles. The molecule has 4 rings (SSSR count). The van der Waals surface area contributed by atoms with Crippen LogP contribution in [0.4, 0.5) is 0 Å². The van der Waals surface area contributed by atoms with Crippen molar-refractivity contribution in [2.24, 2.45) is 7.05 Å². The monoisotopic (exact) mass is 420 g/mol. The van der Waals surface area contributed by atoms with Gasteiger partial charge in [-0.15, -0.1) is 0 Å². The summed E-state index contributed by atoms with van der Waals surface area (Å²) in [6, 6.07) is 9.23. The van der Waals surface area contributed by atoms with Gasteiger partial charge in [0.05, 0.1) is 29.5 Å². The maximum absolute atomic E-state index is 12.7. The SMILES string of the molecule is Cc1cc(C(=O)COC(=O)c2ccc3c(c2)C(=O)N(Cc2ccco2)C3=O)c(C)n1C. The number of ether oxygens (including phenoxy) is 1. The largest absolute Gasteiger partial charge is 0.467 e. The van der Waals surface area contributed by atoms with E-state index in [0.717, 1.165) is 16.3 Å². The van der Waals surface area contributed by atoms with Gasteiger partial charge in [-0.25, -0.2) is 4.79 Å². The van der Waals surface area contributed by atoms with Crippen molar-refractivity contribution in [3.05, 3.63) is 82.1 Å². The van der Waals surface area contributed by atoms with E-state index in [1.54, 1.807) is 18.2 Å². The summed E-state index contributed by atoms with van der Waals surface area (Å²) < 4.78 is 12.2. The molecule has 1 aromatic carbocycles. The predicted octanol–water partition coefficient (Wildman–Crippen LogP) is 3.07. The second-order valence-electron chi connectivity index (χ2n) is 7.38. The van der Waals surface area contributed by atoms with Crippen LogP contribution < -0.4 is 0 Å². The number of carbonyl (C=O) groups is 4. The molecule has 0 N–H and O–H groups in total. The Kier molecular flexibility index (Phi) is 5.06. The molecule has 0 unspecified atom stereocenters. The highest BCUT2D eigenvalue weighted by molar-refractivity contribution is 6.21. The summed E-state index contributed by atoms with van der Waals surface area (Å²) in [5.41, 5.74) is 2.63. The Morgan fingerprint density at radius 2 is 1.77 bits per heavy atom. The van der Waals surface area contributed by atoms with Crippen LogP contribution in [0.3, 0.4) is 0 Å². The molecule has 2 amide bonds. The van der Waals surface area contributed by atoms with Crippen molar-refractivity contribution in [2.75, 3.05) is 6.61 Å². The average molecular weight is 420 g/mol. The lowest BCUT2D eigenvalue weighted by Gasteiger charge is -2.11. The van der Waals surface area contributed by atoms with Crippen LogP contribution in [0, 0.1) is 13.8 Å². The molecule has 31 heavy (non-hydrogen) atoms. The Labute approximate surface area is 178 Å². The first-order chi connectivity index (χ1) is 14.8. The van der Waals surface area contributed by atoms with Gasteiger partial charge in [-0.05, 0) is 50.2 Å². The lowest BCUT2D eigenvalue weighted by Crippen LogP contribution is -2.28.